The number of anilines is 2. The van der Waals surface area contributed by atoms with Crippen molar-refractivity contribution in [1.29, 1.82) is 0 Å². The molecule has 2 atom stereocenters. The van der Waals surface area contributed by atoms with E-state index in [-0.39, 0.29) is 6.10 Å². The van der Waals surface area contributed by atoms with Gasteiger partial charge in [0.15, 0.2) is 0 Å². The van der Waals surface area contributed by atoms with E-state index < -0.39 is 0 Å². The van der Waals surface area contributed by atoms with Crippen molar-refractivity contribution in [2.45, 2.75) is 45.3 Å². The topological polar surface area (TPSA) is 76.3 Å². The Hall–Kier alpha value is -1.40. The lowest BCUT2D eigenvalue weighted by Crippen LogP contribution is -2.38. The SMILES string of the molecule is CCCc1c(NN)ncnc1N(C)C1CCOC1C. The van der Waals surface area contributed by atoms with Crippen LogP contribution in [-0.4, -0.2) is 35.8 Å². The van der Waals surface area contributed by atoms with Crippen molar-refractivity contribution in [1.82, 2.24) is 9.97 Å². The summed E-state index contributed by atoms with van der Waals surface area (Å²) in [5, 5.41) is 0. The predicted octanol–water partition coefficient (Wildman–Crippen LogP) is 1.33. The second kappa shape index (κ2) is 6.16. The van der Waals surface area contributed by atoms with E-state index in [1.807, 2.05) is 0 Å². The fourth-order valence-electron chi connectivity index (χ4n) is 2.70. The van der Waals surface area contributed by atoms with Crippen molar-refractivity contribution in [2.24, 2.45) is 5.84 Å². The Morgan fingerprint density at radius 2 is 2.32 bits per heavy atom. The zero-order valence-corrected chi connectivity index (χ0v) is 11.9. The third-order valence-electron chi connectivity index (χ3n) is 3.73. The average Bonchev–Trinajstić information content (AvgIpc) is 2.85. The number of nitrogens with one attached hydrogen (secondary N) is 1. The van der Waals surface area contributed by atoms with Crippen molar-refractivity contribution >= 4 is 11.6 Å². The molecule has 6 heteroatoms. The van der Waals surface area contributed by atoms with E-state index in [4.69, 9.17) is 10.6 Å². The maximum atomic E-state index is 5.64. The summed E-state index contributed by atoms with van der Waals surface area (Å²) in [7, 11) is 2.07. The molecule has 2 rings (SSSR count). The Morgan fingerprint density at radius 3 is 2.89 bits per heavy atom. The first-order valence-electron chi connectivity index (χ1n) is 6.84. The van der Waals surface area contributed by atoms with Crippen molar-refractivity contribution in [3.63, 3.8) is 0 Å². The lowest BCUT2D eigenvalue weighted by Gasteiger charge is -2.29. The summed E-state index contributed by atoms with van der Waals surface area (Å²) in [5.41, 5.74) is 3.75. The van der Waals surface area contributed by atoms with Gasteiger partial charge >= 0.3 is 0 Å². The summed E-state index contributed by atoms with van der Waals surface area (Å²) >= 11 is 0. The summed E-state index contributed by atoms with van der Waals surface area (Å²) in [5.74, 6) is 7.21. The molecule has 19 heavy (non-hydrogen) atoms. The molecule has 6 nitrogen and oxygen atoms in total. The van der Waals surface area contributed by atoms with Crippen LogP contribution in [0.2, 0.25) is 0 Å². The highest BCUT2D eigenvalue weighted by Crippen LogP contribution is 2.28. The Labute approximate surface area is 114 Å². The first-order valence-corrected chi connectivity index (χ1v) is 6.84. The summed E-state index contributed by atoms with van der Waals surface area (Å²) < 4.78 is 5.64. The van der Waals surface area contributed by atoms with Crippen molar-refractivity contribution in [2.75, 3.05) is 24.0 Å². The van der Waals surface area contributed by atoms with Crippen LogP contribution < -0.4 is 16.2 Å². The molecule has 0 radical (unpaired) electrons. The van der Waals surface area contributed by atoms with Gasteiger partial charge in [-0.3, -0.25) is 0 Å². The molecule has 0 saturated carbocycles. The lowest BCUT2D eigenvalue weighted by molar-refractivity contribution is 0.118. The van der Waals surface area contributed by atoms with Crippen LogP contribution in [0.4, 0.5) is 11.6 Å². The second-order valence-electron chi connectivity index (χ2n) is 4.96. The van der Waals surface area contributed by atoms with Gasteiger partial charge in [0.05, 0.1) is 12.1 Å². The summed E-state index contributed by atoms with van der Waals surface area (Å²) in [6, 6.07) is 0.358. The standard InChI is InChI=1S/C13H23N5O/c1-4-5-10-12(17-14)15-8-16-13(10)18(3)11-6-7-19-9(11)2/h8-9,11H,4-7,14H2,1-3H3,(H,15,16,17). The minimum Gasteiger partial charge on any atom is -0.376 e. The fourth-order valence-corrected chi connectivity index (χ4v) is 2.70. The van der Waals surface area contributed by atoms with E-state index in [2.05, 4.69) is 41.2 Å². The molecule has 1 aromatic heterocycles. The molecule has 0 spiro atoms. The number of nitrogens with zero attached hydrogens (tertiary/aromatic N) is 3. The largest absolute Gasteiger partial charge is 0.376 e. The van der Waals surface area contributed by atoms with Gasteiger partial charge in [-0.05, 0) is 19.8 Å². The molecule has 1 saturated heterocycles. The van der Waals surface area contributed by atoms with E-state index >= 15 is 0 Å². The molecule has 3 N–H and O–H groups in total. The summed E-state index contributed by atoms with van der Waals surface area (Å²) in [6.07, 6.45) is 4.74. The van der Waals surface area contributed by atoms with Gasteiger partial charge in [-0.2, -0.15) is 0 Å². The third kappa shape index (κ3) is 2.79. The van der Waals surface area contributed by atoms with Crippen LogP contribution in [0.15, 0.2) is 6.33 Å². The lowest BCUT2D eigenvalue weighted by atomic mass is 10.1. The third-order valence-corrected chi connectivity index (χ3v) is 3.73. The highest BCUT2D eigenvalue weighted by Gasteiger charge is 2.30. The van der Waals surface area contributed by atoms with Gasteiger partial charge in [-0.25, -0.2) is 15.8 Å². The predicted molar refractivity (Wildman–Crippen MR) is 76.1 cm³/mol. The second-order valence-corrected chi connectivity index (χ2v) is 4.96. The Bertz CT molecular complexity index is 425. The molecule has 0 aliphatic carbocycles. The van der Waals surface area contributed by atoms with Crippen molar-refractivity contribution in [3.05, 3.63) is 11.9 Å². The number of ether oxygens (including phenoxy) is 1. The molecule has 0 aromatic carbocycles. The maximum Gasteiger partial charge on any atom is 0.148 e. The Kier molecular flexibility index (Phi) is 4.55. The van der Waals surface area contributed by atoms with Crippen LogP contribution in [-0.2, 0) is 11.2 Å². The zero-order chi connectivity index (χ0) is 13.8. The van der Waals surface area contributed by atoms with Gasteiger partial charge in [0.2, 0.25) is 0 Å². The van der Waals surface area contributed by atoms with E-state index in [0.29, 0.717) is 11.9 Å². The number of likely N-dealkylation sites (N-methyl/N-ethyl adjacent to an activating group) is 1. The molecule has 1 aliphatic rings. The van der Waals surface area contributed by atoms with Crippen LogP contribution in [0.1, 0.15) is 32.3 Å². The molecule has 1 fully saturated rings. The number of nitrogen functional groups attached to an aromatic ring is 1. The van der Waals surface area contributed by atoms with Crippen LogP contribution in [0.3, 0.4) is 0 Å². The minimum atomic E-state index is 0.226. The smallest absolute Gasteiger partial charge is 0.148 e. The quantitative estimate of drug-likeness (QED) is 0.618. The van der Waals surface area contributed by atoms with E-state index in [9.17, 15) is 0 Å². The molecular weight excluding hydrogens is 242 g/mol. The molecule has 0 bridgehead atoms. The number of nitrogens with two attached hydrogens (primary N) is 1. The summed E-state index contributed by atoms with van der Waals surface area (Å²) in [6.45, 7) is 5.06. The molecule has 106 valence electrons. The highest BCUT2D eigenvalue weighted by atomic mass is 16.5. The Balaban J connectivity index is 2.32. The zero-order valence-electron chi connectivity index (χ0n) is 11.9. The van der Waals surface area contributed by atoms with Crippen LogP contribution in [0.5, 0.6) is 0 Å². The van der Waals surface area contributed by atoms with Crippen LogP contribution in [0, 0.1) is 0 Å². The fraction of sp³-hybridized carbons (Fsp3) is 0.692. The van der Waals surface area contributed by atoms with Crippen LogP contribution >= 0.6 is 0 Å². The van der Waals surface area contributed by atoms with Gasteiger partial charge in [0.1, 0.15) is 18.0 Å². The monoisotopic (exact) mass is 265 g/mol. The number of rotatable bonds is 5. The molecular formula is C13H23N5O. The van der Waals surface area contributed by atoms with Gasteiger partial charge in [-0.1, -0.05) is 13.3 Å². The number of hydrogen-bond donors (Lipinski definition) is 2. The van der Waals surface area contributed by atoms with E-state index in [1.165, 1.54) is 0 Å². The first kappa shape index (κ1) is 14.0. The summed E-state index contributed by atoms with van der Waals surface area (Å²) in [4.78, 5) is 10.8. The Morgan fingerprint density at radius 1 is 1.53 bits per heavy atom. The van der Waals surface area contributed by atoms with Gasteiger partial charge in [0.25, 0.3) is 0 Å². The normalized spacial score (nSPS) is 22.5. The van der Waals surface area contributed by atoms with Crippen molar-refractivity contribution in [3.8, 4) is 0 Å². The van der Waals surface area contributed by atoms with E-state index in [0.717, 1.165) is 37.3 Å². The maximum absolute atomic E-state index is 5.64. The molecule has 1 aliphatic heterocycles. The number of hydrogen-bond acceptors (Lipinski definition) is 6. The van der Waals surface area contributed by atoms with Gasteiger partial charge in [-0.15, -0.1) is 0 Å². The number of aromatic nitrogens is 2. The van der Waals surface area contributed by atoms with Crippen LogP contribution in [0.25, 0.3) is 0 Å². The molecule has 0 amide bonds. The molecule has 1 aromatic rings. The first-order chi connectivity index (χ1) is 9.19. The van der Waals surface area contributed by atoms with Gasteiger partial charge < -0.3 is 15.1 Å². The van der Waals surface area contributed by atoms with Crippen molar-refractivity contribution < 1.29 is 4.74 Å². The molecule has 2 unspecified atom stereocenters. The average molecular weight is 265 g/mol. The van der Waals surface area contributed by atoms with Gasteiger partial charge in [0, 0.05) is 19.2 Å². The molecule has 2 heterocycles. The number of hydrazine groups is 1. The highest BCUT2D eigenvalue weighted by molar-refractivity contribution is 5.58. The minimum absolute atomic E-state index is 0.226. The van der Waals surface area contributed by atoms with E-state index in [1.54, 1.807) is 6.33 Å².